The molecule has 0 atom stereocenters. The summed E-state index contributed by atoms with van der Waals surface area (Å²) in [6.45, 7) is 0.242. The Bertz CT molecular complexity index is 1110. The van der Waals surface area contributed by atoms with Gasteiger partial charge in [-0.15, -0.1) is 0 Å². The van der Waals surface area contributed by atoms with E-state index < -0.39 is 0 Å². The van der Waals surface area contributed by atoms with Crippen LogP contribution in [0.1, 0.15) is 11.1 Å². The van der Waals surface area contributed by atoms with Gasteiger partial charge < -0.3 is 5.11 Å². The van der Waals surface area contributed by atoms with E-state index in [9.17, 15) is 14.7 Å². The van der Waals surface area contributed by atoms with Gasteiger partial charge in [0.25, 0.3) is 11.1 Å². The third-order valence-corrected chi connectivity index (χ3v) is 5.84. The Morgan fingerprint density at radius 2 is 1.78 bits per heavy atom. The number of phenolic OH excluding ortho intramolecular Hbond substituents is 1. The van der Waals surface area contributed by atoms with Crippen LogP contribution in [0.15, 0.2) is 70.0 Å². The molecule has 1 aliphatic heterocycles. The van der Waals surface area contributed by atoms with Crippen molar-refractivity contribution < 1.29 is 14.7 Å². The maximum atomic E-state index is 12.7. The molecule has 0 aromatic heterocycles. The largest absolute Gasteiger partial charge is 0.507 e. The van der Waals surface area contributed by atoms with Crippen molar-refractivity contribution in [2.75, 3.05) is 0 Å². The van der Waals surface area contributed by atoms with E-state index in [0.29, 0.717) is 9.38 Å². The molecular formula is C21H14BrNO3S. The monoisotopic (exact) mass is 439 g/mol. The zero-order valence-corrected chi connectivity index (χ0v) is 16.5. The fourth-order valence-electron chi connectivity index (χ4n) is 2.92. The normalized spacial score (nSPS) is 15.9. The maximum absolute atomic E-state index is 12.7. The number of carbonyl (C=O) groups excluding carboxylic acids is 2. The summed E-state index contributed by atoms with van der Waals surface area (Å²) in [7, 11) is 0. The van der Waals surface area contributed by atoms with Crippen molar-refractivity contribution in [3.8, 4) is 5.75 Å². The van der Waals surface area contributed by atoms with E-state index in [1.54, 1.807) is 18.2 Å². The number of imide groups is 1. The first-order valence-electron chi connectivity index (χ1n) is 8.23. The topological polar surface area (TPSA) is 57.6 Å². The summed E-state index contributed by atoms with van der Waals surface area (Å²) in [6.07, 6.45) is 1.66. The van der Waals surface area contributed by atoms with Gasteiger partial charge >= 0.3 is 0 Å². The highest BCUT2D eigenvalue weighted by atomic mass is 79.9. The van der Waals surface area contributed by atoms with Crippen LogP contribution in [0.4, 0.5) is 4.79 Å². The van der Waals surface area contributed by atoms with Gasteiger partial charge in [-0.25, -0.2) is 0 Å². The van der Waals surface area contributed by atoms with Crippen LogP contribution in [0.5, 0.6) is 5.75 Å². The molecule has 0 bridgehead atoms. The van der Waals surface area contributed by atoms with Crippen LogP contribution >= 0.6 is 27.7 Å². The van der Waals surface area contributed by atoms with Gasteiger partial charge in [-0.2, -0.15) is 0 Å². The Kier molecular flexibility index (Phi) is 4.76. The minimum absolute atomic E-state index is 0.122. The Labute approximate surface area is 168 Å². The molecular weight excluding hydrogens is 426 g/mol. The first-order chi connectivity index (χ1) is 13.0. The van der Waals surface area contributed by atoms with Crippen LogP contribution in [0.2, 0.25) is 0 Å². The zero-order chi connectivity index (χ0) is 19.0. The first kappa shape index (κ1) is 17.8. The summed E-state index contributed by atoms with van der Waals surface area (Å²) >= 11 is 4.18. The van der Waals surface area contributed by atoms with E-state index in [4.69, 9.17) is 0 Å². The molecule has 0 aliphatic carbocycles. The Morgan fingerprint density at radius 1 is 1.00 bits per heavy atom. The van der Waals surface area contributed by atoms with Crippen molar-refractivity contribution in [2.45, 2.75) is 6.54 Å². The zero-order valence-electron chi connectivity index (χ0n) is 14.1. The van der Waals surface area contributed by atoms with Crippen molar-refractivity contribution in [1.29, 1.82) is 0 Å². The summed E-state index contributed by atoms with van der Waals surface area (Å²) in [4.78, 5) is 26.7. The molecule has 1 N–H and O–H groups in total. The molecule has 0 spiro atoms. The first-order valence-corrected chi connectivity index (χ1v) is 9.84. The second kappa shape index (κ2) is 7.21. The molecule has 1 fully saturated rings. The van der Waals surface area contributed by atoms with Gasteiger partial charge in [0.15, 0.2) is 0 Å². The van der Waals surface area contributed by atoms with E-state index in [-0.39, 0.29) is 23.4 Å². The van der Waals surface area contributed by atoms with Crippen molar-refractivity contribution >= 4 is 55.7 Å². The number of carbonyl (C=O) groups is 2. The lowest BCUT2D eigenvalue weighted by molar-refractivity contribution is -0.123. The van der Waals surface area contributed by atoms with E-state index >= 15 is 0 Å². The predicted octanol–water partition coefficient (Wildman–Crippen LogP) is 5.54. The Balaban J connectivity index is 1.58. The number of fused-ring (bicyclic) bond motifs is 1. The van der Waals surface area contributed by atoms with E-state index in [2.05, 4.69) is 15.9 Å². The van der Waals surface area contributed by atoms with Crippen molar-refractivity contribution in [2.24, 2.45) is 0 Å². The SMILES string of the molecule is O=C1S/C(=C/c2ccc(O)c(Br)c2)C(=O)N1Cc1ccc2ccccc2c1. The summed E-state index contributed by atoms with van der Waals surface area (Å²) < 4.78 is 0.534. The molecule has 4 nitrogen and oxygen atoms in total. The molecule has 1 saturated heterocycles. The lowest BCUT2D eigenvalue weighted by Crippen LogP contribution is -2.27. The summed E-state index contributed by atoms with van der Waals surface area (Å²) in [5, 5.41) is 11.5. The van der Waals surface area contributed by atoms with Crippen molar-refractivity contribution in [3.05, 3.63) is 81.2 Å². The number of hydrogen-bond acceptors (Lipinski definition) is 4. The van der Waals surface area contributed by atoms with E-state index in [1.165, 1.54) is 11.0 Å². The summed E-state index contributed by atoms with van der Waals surface area (Å²) in [5.41, 5.74) is 1.64. The van der Waals surface area contributed by atoms with Gasteiger partial charge in [-0.1, -0.05) is 42.5 Å². The number of amides is 2. The van der Waals surface area contributed by atoms with Crippen LogP contribution in [-0.2, 0) is 11.3 Å². The second-order valence-electron chi connectivity index (χ2n) is 6.16. The molecule has 27 heavy (non-hydrogen) atoms. The van der Waals surface area contributed by atoms with Crippen LogP contribution in [0, 0.1) is 0 Å². The number of halogens is 1. The molecule has 3 aromatic carbocycles. The summed E-state index contributed by atoms with van der Waals surface area (Å²) in [6, 6.07) is 18.8. The van der Waals surface area contributed by atoms with Gasteiger partial charge in [0.05, 0.1) is 15.9 Å². The predicted molar refractivity (Wildman–Crippen MR) is 111 cm³/mol. The number of rotatable bonds is 3. The average Bonchev–Trinajstić information content (AvgIpc) is 2.92. The van der Waals surface area contributed by atoms with Gasteiger partial charge in [-0.05, 0) is 73.9 Å². The van der Waals surface area contributed by atoms with Crippen molar-refractivity contribution in [1.82, 2.24) is 4.90 Å². The van der Waals surface area contributed by atoms with Gasteiger partial charge in [0.2, 0.25) is 0 Å². The minimum Gasteiger partial charge on any atom is -0.507 e. The lowest BCUT2D eigenvalue weighted by atomic mass is 10.1. The third kappa shape index (κ3) is 3.63. The lowest BCUT2D eigenvalue weighted by Gasteiger charge is -2.13. The number of phenols is 1. The molecule has 0 radical (unpaired) electrons. The second-order valence-corrected chi connectivity index (χ2v) is 8.01. The minimum atomic E-state index is -0.303. The van der Waals surface area contributed by atoms with Crippen LogP contribution in [0.25, 0.3) is 16.8 Å². The van der Waals surface area contributed by atoms with E-state index in [0.717, 1.165) is 33.7 Å². The number of benzene rings is 3. The van der Waals surface area contributed by atoms with Crippen molar-refractivity contribution in [3.63, 3.8) is 0 Å². The molecule has 1 heterocycles. The third-order valence-electron chi connectivity index (χ3n) is 4.30. The quantitative estimate of drug-likeness (QED) is 0.543. The highest BCUT2D eigenvalue weighted by Crippen LogP contribution is 2.34. The molecule has 0 unspecified atom stereocenters. The standard InChI is InChI=1S/C21H14BrNO3S/c22-17-10-13(6-8-18(17)24)11-19-20(25)23(21(26)27-19)12-14-5-7-15-3-1-2-4-16(15)9-14/h1-11,24H,12H2/b19-11+. The summed E-state index contributed by atoms with van der Waals surface area (Å²) in [5.74, 6) is -0.182. The molecule has 0 saturated carbocycles. The van der Waals surface area contributed by atoms with E-state index in [1.807, 2.05) is 42.5 Å². The van der Waals surface area contributed by atoms with Crippen LogP contribution in [0.3, 0.4) is 0 Å². The molecule has 1 aliphatic rings. The highest BCUT2D eigenvalue weighted by molar-refractivity contribution is 9.10. The smallest absolute Gasteiger partial charge is 0.293 e. The molecule has 134 valence electrons. The molecule has 6 heteroatoms. The maximum Gasteiger partial charge on any atom is 0.293 e. The molecule has 4 rings (SSSR count). The number of aromatic hydroxyl groups is 1. The number of thioether (sulfide) groups is 1. The highest BCUT2D eigenvalue weighted by Gasteiger charge is 2.35. The van der Waals surface area contributed by atoms with Gasteiger partial charge in [0, 0.05) is 0 Å². The Hall–Kier alpha value is -2.57. The number of hydrogen-bond donors (Lipinski definition) is 1. The molecule has 3 aromatic rings. The Morgan fingerprint density at radius 3 is 2.56 bits per heavy atom. The fraction of sp³-hybridized carbons (Fsp3) is 0.0476. The number of nitrogens with zero attached hydrogens (tertiary/aromatic N) is 1. The fourth-order valence-corrected chi connectivity index (χ4v) is 4.16. The average molecular weight is 440 g/mol. The molecule has 2 amide bonds. The van der Waals surface area contributed by atoms with Crippen LogP contribution < -0.4 is 0 Å². The van der Waals surface area contributed by atoms with Crippen LogP contribution in [-0.4, -0.2) is 21.2 Å². The van der Waals surface area contributed by atoms with Gasteiger partial charge in [-0.3, -0.25) is 14.5 Å². The van der Waals surface area contributed by atoms with Gasteiger partial charge in [0.1, 0.15) is 5.75 Å².